The van der Waals surface area contributed by atoms with Gasteiger partial charge in [0.05, 0.1) is 0 Å². The van der Waals surface area contributed by atoms with Crippen molar-refractivity contribution >= 4 is 5.91 Å². The van der Waals surface area contributed by atoms with Crippen LogP contribution in [0.3, 0.4) is 0 Å². The van der Waals surface area contributed by atoms with Gasteiger partial charge in [-0.05, 0) is 31.6 Å². The van der Waals surface area contributed by atoms with Gasteiger partial charge >= 0.3 is 6.18 Å². The molecule has 0 spiro atoms. The molecule has 1 saturated heterocycles. The fraction of sp³-hybridized carbons (Fsp3) is 0.917. The van der Waals surface area contributed by atoms with Crippen LogP contribution in [-0.4, -0.2) is 35.6 Å². The van der Waals surface area contributed by atoms with Crippen LogP contribution in [0, 0.1) is 11.8 Å². The van der Waals surface area contributed by atoms with Crippen LogP contribution in [-0.2, 0) is 4.79 Å². The molecule has 1 unspecified atom stereocenters. The van der Waals surface area contributed by atoms with Gasteiger partial charge in [0.1, 0.15) is 0 Å². The molecule has 1 atom stereocenters. The topological polar surface area (TPSA) is 46.3 Å². The van der Waals surface area contributed by atoms with Crippen molar-refractivity contribution in [1.82, 2.24) is 4.90 Å². The van der Waals surface area contributed by atoms with E-state index in [2.05, 4.69) is 13.8 Å². The molecule has 0 aromatic rings. The number of likely N-dealkylation sites (tertiary alicyclic amines) is 1. The zero-order chi connectivity index (χ0) is 14.1. The molecule has 1 aliphatic rings. The van der Waals surface area contributed by atoms with Crippen molar-refractivity contribution in [2.45, 2.75) is 45.3 Å². The molecule has 1 amide bonds. The first-order chi connectivity index (χ1) is 8.07. The number of hydrogen-bond donors (Lipinski definition) is 1. The zero-order valence-corrected chi connectivity index (χ0v) is 11.0. The van der Waals surface area contributed by atoms with Crippen molar-refractivity contribution < 1.29 is 18.0 Å². The van der Waals surface area contributed by atoms with Crippen LogP contribution >= 0.6 is 0 Å². The first-order valence-corrected chi connectivity index (χ1v) is 6.22. The second kappa shape index (κ2) is 5.07. The van der Waals surface area contributed by atoms with Crippen molar-refractivity contribution in [2.75, 3.05) is 13.1 Å². The van der Waals surface area contributed by atoms with Gasteiger partial charge < -0.3 is 10.6 Å². The van der Waals surface area contributed by atoms with Crippen molar-refractivity contribution in [2.24, 2.45) is 17.6 Å². The molecule has 0 radical (unpaired) electrons. The van der Waals surface area contributed by atoms with E-state index >= 15 is 0 Å². The maximum absolute atomic E-state index is 12.7. The van der Waals surface area contributed by atoms with Gasteiger partial charge in [0, 0.05) is 13.1 Å². The van der Waals surface area contributed by atoms with Gasteiger partial charge in [-0.15, -0.1) is 0 Å². The largest absolute Gasteiger partial charge is 0.415 e. The summed E-state index contributed by atoms with van der Waals surface area (Å²) in [4.78, 5) is 13.1. The van der Waals surface area contributed by atoms with Gasteiger partial charge in [-0.25, -0.2) is 0 Å². The Labute approximate surface area is 106 Å². The van der Waals surface area contributed by atoms with Crippen LogP contribution in [0.25, 0.3) is 0 Å². The van der Waals surface area contributed by atoms with E-state index in [4.69, 9.17) is 5.73 Å². The maximum atomic E-state index is 12.7. The normalized spacial score (nSPS) is 22.1. The van der Waals surface area contributed by atoms with Crippen LogP contribution in [0.4, 0.5) is 13.2 Å². The summed E-state index contributed by atoms with van der Waals surface area (Å²) in [6, 6.07) is 0. The molecule has 0 aromatic carbocycles. The molecule has 0 bridgehead atoms. The van der Waals surface area contributed by atoms with E-state index in [1.54, 1.807) is 0 Å². The highest BCUT2D eigenvalue weighted by molar-refractivity contribution is 5.86. The highest BCUT2D eigenvalue weighted by Crippen LogP contribution is 2.32. The van der Waals surface area contributed by atoms with E-state index in [9.17, 15) is 18.0 Å². The second-order valence-electron chi connectivity index (χ2n) is 5.57. The van der Waals surface area contributed by atoms with Crippen molar-refractivity contribution in [3.8, 4) is 0 Å². The molecule has 18 heavy (non-hydrogen) atoms. The van der Waals surface area contributed by atoms with Gasteiger partial charge in [0.25, 0.3) is 5.91 Å². The van der Waals surface area contributed by atoms with Crippen molar-refractivity contribution in [3.05, 3.63) is 0 Å². The smallest absolute Gasteiger partial charge is 0.341 e. The molecule has 1 rings (SSSR count). The fourth-order valence-electron chi connectivity index (χ4n) is 2.22. The molecule has 1 aliphatic heterocycles. The predicted molar refractivity (Wildman–Crippen MR) is 62.8 cm³/mol. The Kier molecular flexibility index (Phi) is 4.30. The molecule has 3 nitrogen and oxygen atoms in total. The zero-order valence-electron chi connectivity index (χ0n) is 11.0. The summed E-state index contributed by atoms with van der Waals surface area (Å²) in [5.41, 5.74) is 2.37. The summed E-state index contributed by atoms with van der Waals surface area (Å²) < 4.78 is 38.0. The first-order valence-electron chi connectivity index (χ1n) is 6.22. The quantitative estimate of drug-likeness (QED) is 0.832. The highest BCUT2D eigenvalue weighted by atomic mass is 19.4. The maximum Gasteiger partial charge on any atom is 0.415 e. The Morgan fingerprint density at radius 1 is 1.28 bits per heavy atom. The molecule has 2 N–H and O–H groups in total. The lowest BCUT2D eigenvalue weighted by Crippen LogP contribution is -2.63. The van der Waals surface area contributed by atoms with E-state index in [1.165, 1.54) is 4.90 Å². The molecule has 0 aromatic heterocycles. The summed E-state index contributed by atoms with van der Waals surface area (Å²) in [5.74, 6) is -0.0460. The average Bonchev–Trinajstić information content (AvgIpc) is 2.26. The van der Waals surface area contributed by atoms with E-state index in [1.807, 2.05) is 0 Å². The summed E-state index contributed by atoms with van der Waals surface area (Å²) in [6.07, 6.45) is -3.21. The Morgan fingerprint density at radius 3 is 2.06 bits per heavy atom. The SMILES string of the molecule is CC(C)C1CCN(C(=O)C(C)(N)C(F)(F)F)CC1. The van der Waals surface area contributed by atoms with E-state index in [0.29, 0.717) is 24.9 Å². The summed E-state index contributed by atoms with van der Waals surface area (Å²) in [7, 11) is 0. The highest BCUT2D eigenvalue weighted by Gasteiger charge is 2.55. The van der Waals surface area contributed by atoms with Gasteiger partial charge in [-0.2, -0.15) is 13.2 Å². The second-order valence-corrected chi connectivity index (χ2v) is 5.57. The van der Waals surface area contributed by atoms with E-state index in [0.717, 1.165) is 19.8 Å². The molecular formula is C12H21F3N2O. The van der Waals surface area contributed by atoms with Crippen LogP contribution in [0.1, 0.15) is 33.6 Å². The third kappa shape index (κ3) is 2.96. The van der Waals surface area contributed by atoms with Gasteiger partial charge in [-0.1, -0.05) is 13.8 Å². The minimum absolute atomic E-state index is 0.366. The summed E-state index contributed by atoms with van der Waals surface area (Å²) in [6.45, 7) is 5.65. The first kappa shape index (κ1) is 15.3. The van der Waals surface area contributed by atoms with Crippen LogP contribution in [0.2, 0.25) is 0 Å². The van der Waals surface area contributed by atoms with Gasteiger partial charge in [0.2, 0.25) is 0 Å². The molecule has 6 heteroatoms. The Bertz CT molecular complexity index is 305. The van der Waals surface area contributed by atoms with Gasteiger partial charge in [0.15, 0.2) is 5.54 Å². The minimum Gasteiger partial charge on any atom is -0.341 e. The molecule has 1 fully saturated rings. The van der Waals surface area contributed by atoms with Crippen LogP contribution < -0.4 is 5.73 Å². The van der Waals surface area contributed by atoms with E-state index < -0.39 is 17.6 Å². The number of alkyl halides is 3. The van der Waals surface area contributed by atoms with E-state index in [-0.39, 0.29) is 0 Å². The monoisotopic (exact) mass is 266 g/mol. The number of hydrogen-bond acceptors (Lipinski definition) is 2. The lowest BCUT2D eigenvalue weighted by Gasteiger charge is -2.38. The van der Waals surface area contributed by atoms with Crippen LogP contribution in [0.5, 0.6) is 0 Å². The number of nitrogens with zero attached hydrogens (tertiary/aromatic N) is 1. The number of halogens is 3. The summed E-state index contributed by atoms with van der Waals surface area (Å²) in [5, 5.41) is 0. The van der Waals surface area contributed by atoms with Crippen molar-refractivity contribution in [3.63, 3.8) is 0 Å². The fourth-order valence-corrected chi connectivity index (χ4v) is 2.22. The third-order valence-corrected chi connectivity index (χ3v) is 3.80. The van der Waals surface area contributed by atoms with Crippen LogP contribution in [0.15, 0.2) is 0 Å². The van der Waals surface area contributed by atoms with Crippen molar-refractivity contribution in [1.29, 1.82) is 0 Å². The Morgan fingerprint density at radius 2 is 1.72 bits per heavy atom. The Hall–Kier alpha value is -0.780. The number of amides is 1. The average molecular weight is 266 g/mol. The Balaban J connectivity index is 2.66. The number of nitrogens with two attached hydrogens (primary N) is 1. The van der Waals surface area contributed by atoms with Gasteiger partial charge in [-0.3, -0.25) is 4.79 Å². The lowest BCUT2D eigenvalue weighted by atomic mass is 9.86. The number of piperidine rings is 1. The molecule has 0 aliphatic carbocycles. The molecule has 106 valence electrons. The number of carbonyl (C=O) groups excluding carboxylic acids is 1. The number of carbonyl (C=O) groups is 1. The minimum atomic E-state index is -4.71. The molecular weight excluding hydrogens is 245 g/mol. The lowest BCUT2D eigenvalue weighted by molar-refractivity contribution is -0.194. The predicted octanol–water partition coefficient (Wildman–Crippen LogP) is 2.16. The number of rotatable bonds is 2. The third-order valence-electron chi connectivity index (χ3n) is 3.80. The standard InChI is InChI=1S/C12H21F3N2O/c1-8(2)9-4-6-17(7-5-9)10(18)11(3,16)12(13,14)15/h8-9H,4-7,16H2,1-3H3. The summed E-state index contributed by atoms with van der Waals surface area (Å²) >= 11 is 0. The molecule has 0 saturated carbocycles. The molecule has 1 heterocycles.